The standard InChI is InChI=1S/C21H35FN4O2.HI/c1-5-21(6-2,10-13-27)15-26-20(23-7-3)25-12-11-24-19(28)17-9-8-16(4)18(22)14-17;/h8-9,14,27H,5-7,10-13,15H2,1-4H3,(H,24,28)(H2,23,25,26);1H. The van der Waals surface area contributed by atoms with Crippen LogP contribution in [0.4, 0.5) is 4.39 Å². The molecule has 0 heterocycles. The van der Waals surface area contributed by atoms with Crippen LogP contribution in [0.25, 0.3) is 0 Å². The van der Waals surface area contributed by atoms with E-state index in [4.69, 9.17) is 0 Å². The Hall–Kier alpha value is -1.42. The summed E-state index contributed by atoms with van der Waals surface area (Å²) in [5.74, 6) is -0.00513. The van der Waals surface area contributed by atoms with Crippen LogP contribution < -0.4 is 16.0 Å². The second-order valence-corrected chi connectivity index (χ2v) is 7.02. The molecular weight excluding hydrogens is 486 g/mol. The van der Waals surface area contributed by atoms with Crippen LogP contribution in [-0.2, 0) is 0 Å². The maximum Gasteiger partial charge on any atom is 0.251 e. The number of guanidine groups is 1. The molecule has 1 amide bonds. The Morgan fingerprint density at radius 2 is 1.79 bits per heavy atom. The van der Waals surface area contributed by atoms with E-state index in [9.17, 15) is 14.3 Å². The molecular formula is C21H36FIN4O2. The summed E-state index contributed by atoms with van der Waals surface area (Å²) in [6.07, 6.45) is 2.64. The van der Waals surface area contributed by atoms with Gasteiger partial charge in [-0.2, -0.15) is 0 Å². The average Bonchev–Trinajstić information content (AvgIpc) is 2.70. The van der Waals surface area contributed by atoms with Crippen molar-refractivity contribution in [3.05, 3.63) is 35.1 Å². The van der Waals surface area contributed by atoms with Crippen molar-refractivity contribution in [2.24, 2.45) is 10.4 Å². The van der Waals surface area contributed by atoms with Crippen molar-refractivity contribution < 1.29 is 14.3 Å². The molecule has 0 atom stereocenters. The van der Waals surface area contributed by atoms with E-state index in [0.717, 1.165) is 25.8 Å². The number of carbonyl (C=O) groups is 1. The van der Waals surface area contributed by atoms with E-state index >= 15 is 0 Å². The number of amides is 1. The van der Waals surface area contributed by atoms with E-state index in [1.54, 1.807) is 19.1 Å². The van der Waals surface area contributed by atoms with Gasteiger partial charge < -0.3 is 21.1 Å². The maximum absolute atomic E-state index is 13.6. The fourth-order valence-corrected chi connectivity index (χ4v) is 2.92. The first-order chi connectivity index (χ1) is 13.4. The molecule has 0 saturated carbocycles. The first-order valence-electron chi connectivity index (χ1n) is 10.1. The third kappa shape index (κ3) is 9.29. The average molecular weight is 522 g/mol. The second kappa shape index (κ2) is 14.5. The summed E-state index contributed by atoms with van der Waals surface area (Å²) in [7, 11) is 0. The molecule has 1 aromatic rings. The molecule has 0 bridgehead atoms. The third-order valence-corrected chi connectivity index (χ3v) is 5.20. The highest BCUT2D eigenvalue weighted by atomic mass is 127. The van der Waals surface area contributed by atoms with Crippen LogP contribution in [0.15, 0.2) is 23.2 Å². The smallest absolute Gasteiger partial charge is 0.251 e. The van der Waals surface area contributed by atoms with Gasteiger partial charge in [-0.25, -0.2) is 4.39 Å². The fraction of sp³-hybridized carbons (Fsp3) is 0.619. The van der Waals surface area contributed by atoms with Gasteiger partial charge in [-0.1, -0.05) is 19.9 Å². The Labute approximate surface area is 191 Å². The van der Waals surface area contributed by atoms with E-state index in [0.29, 0.717) is 36.7 Å². The molecule has 0 aliphatic carbocycles. The number of hydrogen-bond acceptors (Lipinski definition) is 3. The van der Waals surface area contributed by atoms with Gasteiger partial charge in [-0.05, 0) is 56.2 Å². The monoisotopic (exact) mass is 522 g/mol. The number of aliphatic imine (C=N–C) groups is 1. The molecule has 0 aliphatic heterocycles. The van der Waals surface area contributed by atoms with Crippen molar-refractivity contribution in [3.8, 4) is 0 Å². The second-order valence-electron chi connectivity index (χ2n) is 7.02. The summed E-state index contributed by atoms with van der Waals surface area (Å²) in [5, 5.41) is 18.5. The highest BCUT2D eigenvalue weighted by molar-refractivity contribution is 14.0. The zero-order chi connectivity index (χ0) is 21.0. The summed E-state index contributed by atoms with van der Waals surface area (Å²) >= 11 is 0. The molecule has 0 saturated heterocycles. The number of nitrogens with one attached hydrogen (secondary N) is 3. The van der Waals surface area contributed by atoms with Crippen molar-refractivity contribution in [2.75, 3.05) is 32.8 Å². The van der Waals surface area contributed by atoms with Gasteiger partial charge >= 0.3 is 0 Å². The van der Waals surface area contributed by atoms with Gasteiger partial charge in [0, 0.05) is 38.3 Å². The number of aliphatic hydroxyl groups excluding tert-OH is 1. The Morgan fingerprint density at radius 1 is 1.14 bits per heavy atom. The molecule has 1 aromatic carbocycles. The fourth-order valence-electron chi connectivity index (χ4n) is 2.92. The van der Waals surface area contributed by atoms with Crippen LogP contribution in [0.1, 0.15) is 56.0 Å². The molecule has 0 unspecified atom stereocenters. The quantitative estimate of drug-likeness (QED) is 0.156. The van der Waals surface area contributed by atoms with Crippen LogP contribution in [-0.4, -0.2) is 49.8 Å². The number of halogens is 2. The molecule has 0 aliphatic rings. The van der Waals surface area contributed by atoms with Crippen LogP contribution in [0.5, 0.6) is 0 Å². The van der Waals surface area contributed by atoms with E-state index in [2.05, 4.69) is 34.8 Å². The van der Waals surface area contributed by atoms with Gasteiger partial charge in [0.15, 0.2) is 5.96 Å². The lowest BCUT2D eigenvalue weighted by molar-refractivity contribution is 0.0954. The van der Waals surface area contributed by atoms with E-state index in [1.807, 2.05) is 6.92 Å². The Morgan fingerprint density at radius 3 is 2.34 bits per heavy atom. The normalized spacial score (nSPS) is 11.6. The van der Waals surface area contributed by atoms with Crippen molar-refractivity contribution in [1.29, 1.82) is 0 Å². The molecule has 8 heteroatoms. The minimum absolute atomic E-state index is 0. The zero-order valence-corrected chi connectivity index (χ0v) is 20.3. The summed E-state index contributed by atoms with van der Waals surface area (Å²) in [5.41, 5.74) is 0.824. The van der Waals surface area contributed by atoms with Gasteiger partial charge in [0.2, 0.25) is 0 Å². The van der Waals surface area contributed by atoms with Crippen molar-refractivity contribution >= 4 is 35.8 Å². The Balaban J connectivity index is 0.00000784. The van der Waals surface area contributed by atoms with Crippen LogP contribution >= 0.6 is 24.0 Å². The highest BCUT2D eigenvalue weighted by Crippen LogP contribution is 2.30. The van der Waals surface area contributed by atoms with Crippen LogP contribution in [0, 0.1) is 18.2 Å². The minimum Gasteiger partial charge on any atom is -0.396 e. The van der Waals surface area contributed by atoms with Crippen LogP contribution in [0.3, 0.4) is 0 Å². The topological polar surface area (TPSA) is 85.8 Å². The minimum atomic E-state index is -0.384. The molecule has 1 rings (SSSR count). The van der Waals surface area contributed by atoms with Gasteiger partial charge in [-0.15, -0.1) is 24.0 Å². The van der Waals surface area contributed by atoms with Crippen molar-refractivity contribution in [2.45, 2.75) is 47.0 Å². The molecule has 29 heavy (non-hydrogen) atoms. The van der Waals surface area contributed by atoms with Gasteiger partial charge in [0.1, 0.15) is 5.82 Å². The largest absolute Gasteiger partial charge is 0.396 e. The van der Waals surface area contributed by atoms with Crippen molar-refractivity contribution in [1.82, 2.24) is 16.0 Å². The van der Waals surface area contributed by atoms with Gasteiger partial charge in [0.25, 0.3) is 5.91 Å². The number of aryl methyl sites for hydroxylation is 1. The van der Waals surface area contributed by atoms with Gasteiger partial charge in [0.05, 0.1) is 0 Å². The first kappa shape index (κ1) is 27.6. The summed E-state index contributed by atoms with van der Waals surface area (Å²) in [6.45, 7) is 10.3. The maximum atomic E-state index is 13.6. The van der Waals surface area contributed by atoms with Crippen molar-refractivity contribution in [3.63, 3.8) is 0 Å². The van der Waals surface area contributed by atoms with E-state index in [1.165, 1.54) is 6.07 Å². The number of benzene rings is 1. The number of nitrogens with zero attached hydrogens (tertiary/aromatic N) is 1. The lowest BCUT2D eigenvalue weighted by Crippen LogP contribution is -2.42. The molecule has 0 spiro atoms. The molecule has 6 nitrogen and oxygen atoms in total. The number of hydrogen-bond donors (Lipinski definition) is 4. The lowest BCUT2D eigenvalue weighted by atomic mass is 9.79. The Bertz CT molecular complexity index is 652. The third-order valence-electron chi connectivity index (χ3n) is 5.20. The SMILES string of the molecule is CCNC(=NCC(CC)(CC)CCO)NCCNC(=O)c1ccc(C)c(F)c1.I. The van der Waals surface area contributed by atoms with E-state index < -0.39 is 0 Å². The molecule has 166 valence electrons. The first-order valence-corrected chi connectivity index (χ1v) is 10.1. The van der Waals surface area contributed by atoms with Crippen LogP contribution in [0.2, 0.25) is 0 Å². The molecule has 0 aromatic heterocycles. The lowest BCUT2D eigenvalue weighted by Gasteiger charge is -2.29. The molecule has 0 fully saturated rings. The van der Waals surface area contributed by atoms with E-state index in [-0.39, 0.29) is 47.7 Å². The summed E-state index contributed by atoms with van der Waals surface area (Å²) in [6, 6.07) is 4.46. The predicted octanol–water partition coefficient (Wildman–Crippen LogP) is 3.23. The highest BCUT2D eigenvalue weighted by Gasteiger charge is 2.25. The predicted molar refractivity (Wildman–Crippen MR) is 128 cm³/mol. The molecule has 4 N–H and O–H groups in total. The summed E-state index contributed by atoms with van der Waals surface area (Å²) < 4.78 is 13.6. The molecule has 0 radical (unpaired) electrons. The number of aliphatic hydroxyl groups is 1. The summed E-state index contributed by atoms with van der Waals surface area (Å²) in [4.78, 5) is 16.8. The zero-order valence-electron chi connectivity index (χ0n) is 18.0. The van der Waals surface area contributed by atoms with Gasteiger partial charge in [-0.3, -0.25) is 9.79 Å². The number of carbonyl (C=O) groups excluding carboxylic acids is 1. The number of rotatable bonds is 11. The Kier molecular flexibility index (Phi) is 13.8.